The number of Topliss-reactive ketones (excluding diaryl/α,β-unsaturated/α-hetero) is 1. The summed E-state index contributed by atoms with van der Waals surface area (Å²) in [5.41, 5.74) is -0.975. The predicted octanol–water partition coefficient (Wildman–Crippen LogP) is 5.27. The first kappa shape index (κ1) is 27.5. The zero-order valence-electron chi connectivity index (χ0n) is 18.8. The van der Waals surface area contributed by atoms with Crippen LogP contribution in [0.2, 0.25) is 0 Å². The SMILES string of the molecule is O=C(c1ccccc1)[C@@H]1[C@@H](c2cccc([N+](=O)[O-])c2)N=C(C(Cl)(Cl)Cl)N1S(=O)(=O)c1ccccc1[N+](=O)[O-]. The molecule has 0 bridgehead atoms. The van der Waals surface area contributed by atoms with E-state index in [9.17, 15) is 33.4 Å². The maximum Gasteiger partial charge on any atom is 0.289 e. The smallest absolute Gasteiger partial charge is 0.289 e. The number of sulfonamides is 1. The minimum atomic E-state index is -4.96. The highest BCUT2D eigenvalue weighted by atomic mass is 35.6. The van der Waals surface area contributed by atoms with E-state index >= 15 is 0 Å². The molecule has 1 aliphatic heterocycles. The van der Waals surface area contributed by atoms with Gasteiger partial charge in [-0.1, -0.05) is 89.4 Å². The average Bonchev–Trinajstić information content (AvgIpc) is 3.31. The number of alkyl halides is 3. The normalized spacial score (nSPS) is 17.7. The van der Waals surface area contributed by atoms with Gasteiger partial charge in [0.2, 0.25) is 3.79 Å². The standard InChI is InChI=1S/C23H15Cl3N4O7S/c24-23(25,26)22-27-19(15-9-6-10-16(13-15)29(32)33)20(21(31)14-7-2-1-3-8-14)28(22)38(36,37)18-12-5-4-11-17(18)30(34)35/h1-13,19-20H/t19-,20+/m1/s1. The highest BCUT2D eigenvalue weighted by Gasteiger charge is 2.54. The summed E-state index contributed by atoms with van der Waals surface area (Å²) >= 11 is 18.4. The second-order valence-corrected chi connectivity index (χ2v) is 12.0. The van der Waals surface area contributed by atoms with Crippen molar-refractivity contribution >= 4 is 67.8 Å². The highest BCUT2D eigenvalue weighted by molar-refractivity contribution is 7.90. The quantitative estimate of drug-likeness (QED) is 0.156. The second kappa shape index (κ2) is 10.3. The summed E-state index contributed by atoms with van der Waals surface area (Å²) in [4.78, 5) is 38.8. The summed E-state index contributed by atoms with van der Waals surface area (Å²) in [7, 11) is -4.96. The molecule has 2 atom stereocenters. The number of benzene rings is 3. The molecule has 11 nitrogen and oxygen atoms in total. The van der Waals surface area contributed by atoms with Crippen LogP contribution in [0.3, 0.4) is 0 Å². The number of carbonyl (C=O) groups excluding carboxylic acids is 1. The maximum absolute atomic E-state index is 14.0. The Morgan fingerprint density at radius 1 is 0.895 bits per heavy atom. The molecule has 0 N–H and O–H groups in total. The van der Waals surface area contributed by atoms with Gasteiger partial charge in [-0.15, -0.1) is 0 Å². The van der Waals surface area contributed by atoms with Crippen molar-refractivity contribution in [2.24, 2.45) is 4.99 Å². The van der Waals surface area contributed by atoms with Gasteiger partial charge in [-0.2, -0.15) is 0 Å². The number of rotatable bonds is 7. The van der Waals surface area contributed by atoms with Crippen LogP contribution in [-0.4, -0.2) is 44.0 Å². The van der Waals surface area contributed by atoms with Crippen molar-refractivity contribution < 1.29 is 23.1 Å². The van der Waals surface area contributed by atoms with Crippen molar-refractivity contribution in [3.8, 4) is 0 Å². The molecule has 0 aliphatic carbocycles. The lowest BCUT2D eigenvalue weighted by atomic mass is 9.94. The van der Waals surface area contributed by atoms with Crippen LogP contribution >= 0.6 is 34.8 Å². The summed E-state index contributed by atoms with van der Waals surface area (Å²) in [6.07, 6.45) is 0. The number of nitro benzene ring substituents is 2. The van der Waals surface area contributed by atoms with E-state index in [0.29, 0.717) is 4.31 Å². The summed E-state index contributed by atoms with van der Waals surface area (Å²) < 4.78 is 26.0. The van der Waals surface area contributed by atoms with Gasteiger partial charge in [0, 0.05) is 23.8 Å². The van der Waals surface area contributed by atoms with Crippen molar-refractivity contribution in [3.05, 3.63) is 110 Å². The molecule has 0 saturated carbocycles. The lowest BCUT2D eigenvalue weighted by molar-refractivity contribution is -0.387. The van der Waals surface area contributed by atoms with Gasteiger partial charge < -0.3 is 0 Å². The summed E-state index contributed by atoms with van der Waals surface area (Å²) in [6.45, 7) is 0. The molecule has 15 heteroatoms. The highest BCUT2D eigenvalue weighted by Crippen LogP contribution is 2.45. The van der Waals surface area contributed by atoms with Crippen LogP contribution in [0.5, 0.6) is 0 Å². The number of halogens is 3. The zero-order valence-corrected chi connectivity index (χ0v) is 21.9. The number of nitro groups is 2. The van der Waals surface area contributed by atoms with Crippen molar-refractivity contribution in [2.75, 3.05) is 0 Å². The summed E-state index contributed by atoms with van der Waals surface area (Å²) in [5, 5.41) is 23.1. The number of para-hydroxylation sites is 1. The Balaban J connectivity index is 2.01. The van der Waals surface area contributed by atoms with Crippen molar-refractivity contribution in [2.45, 2.75) is 20.8 Å². The minimum absolute atomic E-state index is 0.0662. The molecule has 0 amide bonds. The molecular weight excluding hydrogens is 583 g/mol. The third-order valence-corrected chi connectivity index (χ3v) is 7.95. The van der Waals surface area contributed by atoms with Crippen LogP contribution in [0.1, 0.15) is 22.0 Å². The number of amidine groups is 1. The van der Waals surface area contributed by atoms with E-state index < -0.39 is 57.9 Å². The number of nitrogens with zero attached hydrogens (tertiary/aromatic N) is 4. The van der Waals surface area contributed by atoms with E-state index in [1.165, 1.54) is 42.5 Å². The van der Waals surface area contributed by atoms with Gasteiger partial charge in [0.15, 0.2) is 16.5 Å². The fourth-order valence-electron chi connectivity index (χ4n) is 4.02. The average molecular weight is 598 g/mol. The molecule has 0 unspecified atom stereocenters. The molecule has 0 radical (unpaired) electrons. The molecule has 3 aromatic rings. The van der Waals surface area contributed by atoms with Gasteiger partial charge in [0.05, 0.1) is 9.85 Å². The Hall–Kier alpha value is -3.58. The predicted molar refractivity (Wildman–Crippen MR) is 140 cm³/mol. The monoisotopic (exact) mass is 596 g/mol. The fourth-order valence-corrected chi connectivity index (χ4v) is 6.38. The van der Waals surface area contributed by atoms with Gasteiger partial charge in [0.1, 0.15) is 12.1 Å². The molecule has 0 aromatic heterocycles. The Kier molecular flexibility index (Phi) is 7.44. The molecule has 196 valence electrons. The van der Waals surface area contributed by atoms with Crippen molar-refractivity contribution in [1.29, 1.82) is 0 Å². The Morgan fingerprint density at radius 3 is 2.13 bits per heavy atom. The summed E-state index contributed by atoms with van der Waals surface area (Å²) in [5.74, 6) is -1.48. The van der Waals surface area contributed by atoms with Gasteiger partial charge in [0.25, 0.3) is 21.4 Å². The third kappa shape index (κ3) is 5.07. The van der Waals surface area contributed by atoms with Crippen molar-refractivity contribution in [3.63, 3.8) is 0 Å². The first-order chi connectivity index (χ1) is 17.8. The van der Waals surface area contributed by atoms with Crippen LogP contribution in [0.4, 0.5) is 11.4 Å². The first-order valence-corrected chi connectivity index (χ1v) is 13.2. The molecule has 38 heavy (non-hydrogen) atoms. The molecule has 0 saturated heterocycles. The van der Waals surface area contributed by atoms with Crippen molar-refractivity contribution in [1.82, 2.24) is 4.31 Å². The van der Waals surface area contributed by atoms with Crippen LogP contribution < -0.4 is 0 Å². The minimum Gasteiger partial charge on any atom is -0.292 e. The topological polar surface area (TPSA) is 153 Å². The number of carbonyl (C=O) groups is 1. The fraction of sp³-hybridized carbons (Fsp3) is 0.130. The zero-order chi connectivity index (χ0) is 27.8. The van der Waals surface area contributed by atoms with Gasteiger partial charge >= 0.3 is 0 Å². The Morgan fingerprint density at radius 2 is 1.53 bits per heavy atom. The molecule has 1 heterocycles. The Bertz CT molecular complexity index is 1580. The first-order valence-electron chi connectivity index (χ1n) is 10.6. The third-order valence-electron chi connectivity index (χ3n) is 5.62. The van der Waals surface area contributed by atoms with Gasteiger partial charge in [-0.25, -0.2) is 12.7 Å². The number of non-ortho nitro benzene ring substituents is 1. The number of aliphatic imine (C=N–C) groups is 1. The molecule has 1 aliphatic rings. The van der Waals surface area contributed by atoms with E-state index in [2.05, 4.69) is 4.99 Å². The molecule has 3 aromatic carbocycles. The van der Waals surface area contributed by atoms with E-state index in [1.807, 2.05) is 0 Å². The lowest BCUT2D eigenvalue weighted by Gasteiger charge is -2.30. The lowest BCUT2D eigenvalue weighted by Crippen LogP contribution is -2.50. The number of ketones is 1. The van der Waals surface area contributed by atoms with Crippen LogP contribution in [0.25, 0.3) is 0 Å². The van der Waals surface area contributed by atoms with Crippen LogP contribution in [0.15, 0.2) is 88.8 Å². The van der Waals surface area contributed by atoms with E-state index in [4.69, 9.17) is 34.8 Å². The van der Waals surface area contributed by atoms with Crippen LogP contribution in [0, 0.1) is 20.2 Å². The molecular formula is C23H15Cl3N4O7S. The number of hydrogen-bond donors (Lipinski definition) is 0. The van der Waals surface area contributed by atoms with E-state index in [1.54, 1.807) is 18.2 Å². The largest absolute Gasteiger partial charge is 0.292 e. The number of hydrogen-bond acceptors (Lipinski definition) is 8. The van der Waals surface area contributed by atoms with Crippen LogP contribution in [-0.2, 0) is 10.0 Å². The summed E-state index contributed by atoms with van der Waals surface area (Å²) in [6, 6.07) is 14.0. The molecule has 0 spiro atoms. The Labute approximate surface area is 230 Å². The molecule has 4 rings (SSSR count). The van der Waals surface area contributed by atoms with E-state index in [-0.39, 0.29) is 16.8 Å². The van der Waals surface area contributed by atoms with Gasteiger partial charge in [-0.05, 0) is 11.6 Å². The molecule has 0 fully saturated rings. The maximum atomic E-state index is 14.0. The van der Waals surface area contributed by atoms with Gasteiger partial charge in [-0.3, -0.25) is 30.0 Å². The second-order valence-electron chi connectivity index (χ2n) is 7.95. The van der Waals surface area contributed by atoms with E-state index in [0.717, 1.165) is 18.2 Å².